The first-order valence-electron chi connectivity index (χ1n) is 18.4. The molecule has 10 nitrogen and oxygen atoms in total. The molecule has 286 valence electrons. The van der Waals surface area contributed by atoms with Gasteiger partial charge in [-0.2, -0.15) is 0 Å². The second kappa shape index (κ2) is 18.1. The summed E-state index contributed by atoms with van der Waals surface area (Å²) in [5, 5.41) is 3.74. The summed E-state index contributed by atoms with van der Waals surface area (Å²) in [7, 11) is 6.35. The molecule has 1 aromatic heterocycles. The lowest BCUT2D eigenvalue weighted by Gasteiger charge is -2.34. The molecule has 0 radical (unpaired) electrons. The quantitative estimate of drug-likeness (QED) is 0.0974. The number of methoxy groups -OCH3 is 3. The summed E-state index contributed by atoms with van der Waals surface area (Å²) in [5.74, 6) is 1.98. The van der Waals surface area contributed by atoms with Crippen LogP contribution < -0.4 is 24.3 Å². The summed E-state index contributed by atoms with van der Waals surface area (Å²) in [6.07, 6.45) is 3.48. The van der Waals surface area contributed by atoms with E-state index in [9.17, 15) is 13.6 Å². The molecule has 12 heteroatoms. The highest BCUT2D eigenvalue weighted by Crippen LogP contribution is 2.38. The molecule has 0 saturated carbocycles. The molecule has 5 aromatic rings. The molecule has 1 amide bonds. The van der Waals surface area contributed by atoms with E-state index in [0.717, 1.165) is 74.4 Å². The van der Waals surface area contributed by atoms with Gasteiger partial charge in [0.25, 0.3) is 5.91 Å². The van der Waals surface area contributed by atoms with Gasteiger partial charge in [0.05, 0.1) is 39.0 Å². The number of piperidine rings is 1. The maximum absolute atomic E-state index is 13.9. The molecule has 54 heavy (non-hydrogen) atoms. The lowest BCUT2D eigenvalue weighted by atomic mass is 9.94. The Morgan fingerprint density at radius 3 is 2.19 bits per heavy atom. The first kappa shape index (κ1) is 38.4. The van der Waals surface area contributed by atoms with Gasteiger partial charge in [0.2, 0.25) is 11.7 Å². The summed E-state index contributed by atoms with van der Waals surface area (Å²) < 4.78 is 51.7. The number of para-hydroxylation sites is 2. The van der Waals surface area contributed by atoms with Crippen LogP contribution in [0.5, 0.6) is 23.0 Å². The molecule has 1 N–H and O–H groups in total. The van der Waals surface area contributed by atoms with Gasteiger partial charge in [-0.05, 0) is 98.5 Å². The smallest absolute Gasteiger partial charge is 0.253 e. The third-order valence-electron chi connectivity index (χ3n) is 10.1. The van der Waals surface area contributed by atoms with Crippen LogP contribution >= 0.6 is 0 Å². The highest BCUT2D eigenvalue weighted by Gasteiger charge is 2.25. The van der Waals surface area contributed by atoms with E-state index in [2.05, 4.69) is 20.9 Å². The Hall–Kier alpha value is -5.36. The second-order valence-corrected chi connectivity index (χ2v) is 13.6. The normalized spacial score (nSPS) is 14.1. The average molecular weight is 742 g/mol. The summed E-state index contributed by atoms with van der Waals surface area (Å²) in [6.45, 7) is 4.35. The van der Waals surface area contributed by atoms with Gasteiger partial charge in [0, 0.05) is 50.7 Å². The van der Waals surface area contributed by atoms with Crippen molar-refractivity contribution in [3.05, 3.63) is 108 Å². The van der Waals surface area contributed by atoms with Crippen LogP contribution in [0.4, 0.5) is 14.7 Å². The summed E-state index contributed by atoms with van der Waals surface area (Å²) in [4.78, 5) is 22.8. The van der Waals surface area contributed by atoms with E-state index in [1.54, 1.807) is 36.2 Å². The Bertz CT molecular complexity index is 1960. The lowest BCUT2D eigenvalue weighted by molar-refractivity contribution is 0.0781. The second-order valence-electron chi connectivity index (χ2n) is 13.6. The molecule has 1 fully saturated rings. The Morgan fingerprint density at radius 2 is 1.54 bits per heavy atom. The number of likely N-dealkylation sites (tertiary alicyclic amines) is 1. The fourth-order valence-corrected chi connectivity index (χ4v) is 7.11. The predicted octanol–water partition coefficient (Wildman–Crippen LogP) is 7.63. The number of amides is 1. The van der Waals surface area contributed by atoms with E-state index in [0.29, 0.717) is 41.7 Å². The van der Waals surface area contributed by atoms with E-state index in [-0.39, 0.29) is 29.5 Å². The van der Waals surface area contributed by atoms with E-state index in [1.807, 2.05) is 30.3 Å². The molecule has 6 rings (SSSR count). The van der Waals surface area contributed by atoms with Gasteiger partial charge in [-0.3, -0.25) is 4.79 Å². The average Bonchev–Trinajstić information content (AvgIpc) is 3.55. The molecule has 0 bridgehead atoms. The number of halogens is 2. The topological polar surface area (TPSA) is 90.3 Å². The van der Waals surface area contributed by atoms with Crippen LogP contribution in [0, 0.1) is 11.6 Å². The standard InChI is InChI=1S/C42H49F2N5O5/c1-47(41(50)31-26-38(51-2)40(53-4)39(27-31)52-3)28-30(29-10-12-32(43)13-11-29)18-22-48-23-19-34(20-24-48)45-42-46-36-8-5-6-9-37(36)49(42)21-7-25-54-35-16-14-33(44)15-17-35/h5-6,8-17,26-27,30,34H,7,18-25,28H2,1-4H3,(H,45,46). The van der Waals surface area contributed by atoms with Crippen LogP contribution in [0.15, 0.2) is 84.9 Å². The van der Waals surface area contributed by atoms with Crippen LogP contribution in [0.25, 0.3) is 11.0 Å². The number of aryl methyl sites for hydroxylation is 1. The summed E-state index contributed by atoms with van der Waals surface area (Å²) in [5.41, 5.74) is 3.42. The molecule has 0 aliphatic carbocycles. The lowest BCUT2D eigenvalue weighted by Crippen LogP contribution is -2.40. The highest BCUT2D eigenvalue weighted by molar-refractivity contribution is 5.95. The van der Waals surface area contributed by atoms with Gasteiger partial charge < -0.3 is 38.6 Å². The molecular formula is C42H49F2N5O5. The Balaban J connectivity index is 1.05. The summed E-state index contributed by atoms with van der Waals surface area (Å²) in [6, 6.07) is 24.4. The number of fused-ring (bicyclic) bond motifs is 1. The fourth-order valence-electron chi connectivity index (χ4n) is 7.11. The van der Waals surface area contributed by atoms with Crippen LogP contribution in [-0.2, 0) is 6.54 Å². The molecule has 2 heterocycles. The van der Waals surface area contributed by atoms with Crippen molar-refractivity contribution < 1.29 is 32.5 Å². The monoisotopic (exact) mass is 741 g/mol. The van der Waals surface area contributed by atoms with Gasteiger partial charge in [-0.25, -0.2) is 13.8 Å². The van der Waals surface area contributed by atoms with Crippen molar-refractivity contribution in [1.29, 1.82) is 0 Å². The Kier molecular flexibility index (Phi) is 12.9. The van der Waals surface area contributed by atoms with Crippen LogP contribution in [0.2, 0.25) is 0 Å². The number of rotatable bonds is 17. The molecule has 0 spiro atoms. The number of likely N-dealkylation sites (N-methyl/N-ethyl adjacent to an activating group) is 1. The fraction of sp³-hybridized carbons (Fsp3) is 0.381. The van der Waals surface area contributed by atoms with Crippen molar-refractivity contribution in [2.24, 2.45) is 0 Å². The van der Waals surface area contributed by atoms with Gasteiger partial charge in [-0.15, -0.1) is 0 Å². The minimum atomic E-state index is -0.291. The van der Waals surface area contributed by atoms with Crippen molar-refractivity contribution >= 4 is 22.9 Å². The Morgan fingerprint density at radius 1 is 0.889 bits per heavy atom. The van der Waals surface area contributed by atoms with Crippen molar-refractivity contribution in [2.45, 2.75) is 44.2 Å². The minimum Gasteiger partial charge on any atom is -0.494 e. The summed E-state index contributed by atoms with van der Waals surface area (Å²) >= 11 is 0. The zero-order valence-electron chi connectivity index (χ0n) is 31.4. The number of hydrogen-bond acceptors (Lipinski definition) is 8. The van der Waals surface area contributed by atoms with Gasteiger partial charge in [-0.1, -0.05) is 24.3 Å². The predicted molar refractivity (Wildman–Crippen MR) is 206 cm³/mol. The zero-order chi connectivity index (χ0) is 38.0. The zero-order valence-corrected chi connectivity index (χ0v) is 31.4. The minimum absolute atomic E-state index is 0.00983. The number of imidazole rings is 1. The molecule has 4 aromatic carbocycles. The number of carbonyl (C=O) groups excluding carboxylic acids is 1. The van der Waals surface area contributed by atoms with Crippen molar-refractivity contribution in [3.8, 4) is 23.0 Å². The number of carbonyl (C=O) groups is 1. The SMILES string of the molecule is COc1cc(C(=O)N(C)CC(CCN2CCC(Nc3nc4ccccc4n3CCCOc3ccc(F)cc3)CC2)c2ccc(F)cc2)cc(OC)c1OC. The van der Waals surface area contributed by atoms with E-state index in [1.165, 1.54) is 45.6 Å². The van der Waals surface area contributed by atoms with E-state index < -0.39 is 0 Å². The number of hydrogen-bond donors (Lipinski definition) is 1. The van der Waals surface area contributed by atoms with Crippen LogP contribution in [0.3, 0.4) is 0 Å². The number of ether oxygens (including phenoxy) is 4. The first-order valence-corrected chi connectivity index (χ1v) is 18.4. The number of anilines is 1. The maximum atomic E-state index is 13.9. The third-order valence-corrected chi connectivity index (χ3v) is 10.1. The number of benzene rings is 4. The van der Waals surface area contributed by atoms with Gasteiger partial charge in [0.1, 0.15) is 17.4 Å². The van der Waals surface area contributed by atoms with Crippen molar-refractivity contribution in [1.82, 2.24) is 19.4 Å². The van der Waals surface area contributed by atoms with Gasteiger partial charge >= 0.3 is 0 Å². The number of aromatic nitrogens is 2. The van der Waals surface area contributed by atoms with Crippen LogP contribution in [0.1, 0.15) is 47.5 Å². The highest BCUT2D eigenvalue weighted by atomic mass is 19.1. The van der Waals surface area contributed by atoms with Crippen LogP contribution in [-0.4, -0.2) is 92.5 Å². The maximum Gasteiger partial charge on any atom is 0.253 e. The van der Waals surface area contributed by atoms with Crippen molar-refractivity contribution in [2.75, 3.05) is 66.5 Å². The first-order chi connectivity index (χ1) is 26.3. The molecule has 1 aliphatic heterocycles. The van der Waals surface area contributed by atoms with E-state index in [4.69, 9.17) is 23.9 Å². The largest absolute Gasteiger partial charge is 0.494 e. The molecule has 1 saturated heterocycles. The molecule has 1 unspecified atom stereocenters. The van der Waals surface area contributed by atoms with Gasteiger partial charge in [0.15, 0.2) is 11.5 Å². The third kappa shape index (κ3) is 9.40. The Labute approximate surface area is 315 Å². The molecule has 1 atom stereocenters. The number of nitrogens with one attached hydrogen (secondary N) is 1. The molecular weight excluding hydrogens is 692 g/mol. The number of nitrogens with zero attached hydrogens (tertiary/aromatic N) is 4. The van der Waals surface area contributed by atoms with Crippen molar-refractivity contribution in [3.63, 3.8) is 0 Å². The van der Waals surface area contributed by atoms with E-state index >= 15 is 0 Å². The molecule has 1 aliphatic rings.